The van der Waals surface area contributed by atoms with Gasteiger partial charge in [-0.25, -0.2) is 0 Å². The molecule has 23 valence electrons. The summed E-state index contributed by atoms with van der Waals surface area (Å²) in [5, 5.41) is 0. The molecular weight excluding hydrogens is 327 g/mol. The maximum absolute atomic E-state index is 0. The van der Waals surface area contributed by atoms with Crippen LogP contribution in [0.15, 0.2) is 0 Å². The van der Waals surface area contributed by atoms with Gasteiger partial charge in [0.25, 0.3) is 0 Å². The Morgan fingerprint density at radius 2 is 1.00 bits per heavy atom. The molecule has 13 radical (unpaired) electrons. The molecule has 0 atom stereocenters. The first-order valence-electron chi connectivity index (χ1n) is 0. The zero-order valence-electron chi connectivity index (χ0n) is 3.73. The van der Waals surface area contributed by atoms with Gasteiger partial charge in [0.1, 0.15) is 0 Å². The molecule has 0 aromatic carbocycles. The Morgan fingerprint density at radius 1 is 1.00 bits per heavy atom. The Morgan fingerprint density at radius 3 is 1.00 bits per heavy atom. The molecule has 0 unspecified atom stereocenters. The van der Waals surface area contributed by atoms with Crippen LogP contribution >= 0.6 is 0 Å². The first-order chi connectivity index (χ1) is 0. The monoisotopic (exact) mass is 329 g/mol. The Labute approximate surface area is 110 Å². The van der Waals surface area contributed by atoms with Crippen LogP contribution in [0.4, 0.5) is 0 Å². The molecule has 2 N–H and O–H groups in total. The van der Waals surface area contributed by atoms with E-state index < -0.39 is 0 Å². The van der Waals surface area contributed by atoms with Crippen LogP contribution in [-0.2, 0) is 0 Å². The average Bonchev–Trinajstić information content (AvgIpc) is 0. The standard InChI is InChI=1S/Al.Bi.Mg.Na.H2O.Si/h;;;;1H2;. The van der Waals surface area contributed by atoms with Crippen LogP contribution in [0, 0.1) is 0 Å². The first kappa shape index (κ1) is 58.0. The summed E-state index contributed by atoms with van der Waals surface area (Å²) in [4.78, 5) is 0. The van der Waals surface area contributed by atoms with E-state index in [0.29, 0.717) is 0 Å². The Bertz CT molecular complexity index is 15.5. The van der Waals surface area contributed by atoms with Gasteiger partial charge in [0.2, 0.25) is 0 Å². The van der Waals surface area contributed by atoms with E-state index in [-0.39, 0.29) is 113 Å². The van der Waals surface area contributed by atoms with Crippen molar-refractivity contribution < 1.29 is 5.48 Å². The van der Waals surface area contributed by atoms with Gasteiger partial charge in [-0.3, -0.25) is 0 Å². The van der Waals surface area contributed by atoms with E-state index in [4.69, 9.17) is 0 Å². The number of hydrogen-bond acceptors (Lipinski definition) is 0. The fourth-order valence-electron chi connectivity index (χ4n) is 0. The van der Waals surface area contributed by atoms with Crippen LogP contribution in [0.1, 0.15) is 0 Å². The Hall–Kier alpha value is 3.36. The van der Waals surface area contributed by atoms with Gasteiger partial charge >= 0.3 is 0 Å². The molecule has 0 spiro atoms. The van der Waals surface area contributed by atoms with Crippen LogP contribution in [0.5, 0.6) is 0 Å². The molecule has 0 aliphatic heterocycles. The van der Waals surface area contributed by atoms with E-state index in [1.165, 1.54) is 0 Å². The topological polar surface area (TPSA) is 31.5 Å². The van der Waals surface area contributed by atoms with Crippen molar-refractivity contribution in [1.82, 2.24) is 0 Å². The Kier molecular flexibility index (Phi) is 388. The van der Waals surface area contributed by atoms with Gasteiger partial charge in [-0.2, -0.15) is 0 Å². The zero-order chi connectivity index (χ0) is 0. The molecule has 0 heterocycles. The van der Waals surface area contributed by atoms with Gasteiger partial charge < -0.3 is 5.48 Å². The van der Waals surface area contributed by atoms with Gasteiger partial charge in [0.05, 0.1) is 0 Å². The predicted octanol–water partition coefficient (Wildman–Crippen LogP) is -2.73. The molecule has 0 saturated carbocycles. The molecule has 0 bridgehead atoms. The predicted molar refractivity (Wildman–Crippen MR) is 32.4 cm³/mol. The van der Waals surface area contributed by atoms with E-state index in [2.05, 4.69) is 0 Å². The van der Waals surface area contributed by atoms with Crippen LogP contribution in [-0.4, -0.2) is 113 Å². The van der Waals surface area contributed by atoms with Gasteiger partial charge in [0, 0.05) is 107 Å². The SMILES string of the molecule is O.[Al].[Bi].[Mg].[Na].[Si]. The third-order valence-electron chi connectivity index (χ3n) is 0. The maximum Gasteiger partial charge on any atom is 0 e. The van der Waals surface area contributed by atoms with Crippen molar-refractivity contribution in [2.75, 3.05) is 0 Å². The minimum absolute atomic E-state index is 0. The Balaban J connectivity index is 0. The van der Waals surface area contributed by atoms with Gasteiger partial charge in [-0.05, 0) is 0 Å². The fourth-order valence-corrected chi connectivity index (χ4v) is 0. The van der Waals surface area contributed by atoms with Crippen LogP contribution in [0.25, 0.3) is 0 Å². The molecule has 0 aliphatic carbocycles. The second-order valence-electron chi connectivity index (χ2n) is 0. The largest absolute Gasteiger partial charge is 0.412 e. The third-order valence-corrected chi connectivity index (χ3v) is 0. The molecule has 1 nitrogen and oxygen atoms in total. The summed E-state index contributed by atoms with van der Waals surface area (Å²) in [5.74, 6) is 0. The second kappa shape index (κ2) is 40.1. The summed E-state index contributed by atoms with van der Waals surface area (Å²) in [6, 6.07) is 0. The molecule has 0 amide bonds. The minimum atomic E-state index is 0. The summed E-state index contributed by atoms with van der Waals surface area (Å²) in [6.45, 7) is 0. The van der Waals surface area contributed by atoms with Crippen molar-refractivity contribution in [2.24, 2.45) is 0 Å². The minimum Gasteiger partial charge on any atom is -0.412 e. The second-order valence-corrected chi connectivity index (χ2v) is 0. The molecule has 0 rings (SSSR count). The number of hydrogen-bond donors (Lipinski definition) is 0. The molecular formula is H2AlBiMgNaOSi. The van der Waals surface area contributed by atoms with Crippen molar-refractivity contribution >= 4 is 107 Å². The smallest absolute Gasteiger partial charge is 0 e. The normalized spacial score (nSPS) is 0. The fraction of sp³-hybridized carbons (Fsp3) is 0. The maximum atomic E-state index is 0. The van der Waals surface area contributed by atoms with Gasteiger partial charge in [-0.15, -0.1) is 0 Å². The van der Waals surface area contributed by atoms with E-state index in [9.17, 15) is 0 Å². The number of rotatable bonds is 0. The van der Waals surface area contributed by atoms with Gasteiger partial charge in [0.15, 0.2) is 0 Å². The summed E-state index contributed by atoms with van der Waals surface area (Å²) in [7, 11) is 0. The van der Waals surface area contributed by atoms with Crippen LogP contribution < -0.4 is 0 Å². The summed E-state index contributed by atoms with van der Waals surface area (Å²) in [6.07, 6.45) is 0. The van der Waals surface area contributed by atoms with Gasteiger partial charge in [-0.1, -0.05) is 0 Å². The van der Waals surface area contributed by atoms with E-state index in [1.54, 1.807) is 0 Å². The summed E-state index contributed by atoms with van der Waals surface area (Å²) in [5.41, 5.74) is 0. The van der Waals surface area contributed by atoms with E-state index >= 15 is 0 Å². The third kappa shape index (κ3) is 26.4. The van der Waals surface area contributed by atoms with E-state index in [1.807, 2.05) is 0 Å². The molecule has 0 aliphatic rings. The van der Waals surface area contributed by atoms with Crippen molar-refractivity contribution in [1.29, 1.82) is 0 Å². The molecule has 6 heteroatoms. The van der Waals surface area contributed by atoms with Crippen molar-refractivity contribution in [3.63, 3.8) is 0 Å². The first-order valence-corrected chi connectivity index (χ1v) is 0. The van der Waals surface area contributed by atoms with E-state index in [0.717, 1.165) is 0 Å². The van der Waals surface area contributed by atoms with Crippen LogP contribution in [0.2, 0.25) is 0 Å². The van der Waals surface area contributed by atoms with Crippen molar-refractivity contribution in [2.45, 2.75) is 0 Å². The average molecular weight is 329 g/mol. The molecule has 6 heavy (non-hydrogen) atoms. The molecule has 0 aromatic heterocycles. The quantitative estimate of drug-likeness (QED) is 0.433. The van der Waals surface area contributed by atoms with Crippen molar-refractivity contribution in [3.05, 3.63) is 0 Å². The molecule has 0 fully saturated rings. The molecule has 0 saturated heterocycles. The zero-order valence-corrected chi connectivity index (χ0v) is 12.8. The molecule has 0 aromatic rings. The summed E-state index contributed by atoms with van der Waals surface area (Å²) >= 11 is 0. The van der Waals surface area contributed by atoms with Crippen LogP contribution in [0.3, 0.4) is 0 Å². The summed E-state index contributed by atoms with van der Waals surface area (Å²) < 4.78 is 0. The van der Waals surface area contributed by atoms with Crippen molar-refractivity contribution in [3.8, 4) is 0 Å².